The van der Waals surface area contributed by atoms with Crippen LogP contribution < -0.4 is 4.98 Å². The van der Waals surface area contributed by atoms with Crippen LogP contribution in [0, 0.1) is 58.8 Å². The molecule has 1 N–H and O–H groups in total. The number of aromatic nitrogens is 1. The molecular weight excluding hydrogens is 773 g/mol. The van der Waals surface area contributed by atoms with Gasteiger partial charge in [0.25, 0.3) is 0 Å². The van der Waals surface area contributed by atoms with Gasteiger partial charge in [0, 0.05) is 46.7 Å². The quantitative estimate of drug-likeness (QED) is 0.209. The Morgan fingerprint density at radius 3 is 2.00 bits per heavy atom. The van der Waals surface area contributed by atoms with Crippen LogP contribution in [0.5, 0.6) is 0 Å². The van der Waals surface area contributed by atoms with E-state index < -0.39 is 16.5 Å². The zero-order valence-corrected chi connectivity index (χ0v) is 44.6. The predicted molar refractivity (Wildman–Crippen MR) is 261 cm³/mol. The molecule has 324 valence electrons. The number of benzene rings is 2. The van der Waals surface area contributed by atoms with Crippen molar-refractivity contribution < 1.29 is 21.7 Å². The molecule has 3 saturated carbocycles. The SMILES string of the molecule is CC.CC1CCC2C(C1)C1C(C3CCCCC3C1[Si](C)(C)[N-]C(C)(C)C)N2C.Cc1ccc2c(c1)c1c(n2C)-c2ccccc2C1[Si](C)(C)NC(C)(C)C.[CH3-].[CH3-].[CH3-].[Ti+4]. The molecule has 0 amide bonds. The van der Waals surface area contributed by atoms with Crippen molar-refractivity contribution in [3.05, 3.63) is 86.4 Å². The molecule has 3 aromatic rings. The summed E-state index contributed by atoms with van der Waals surface area (Å²) in [5, 5.41) is 1.43. The van der Waals surface area contributed by atoms with Crippen molar-refractivity contribution in [3.63, 3.8) is 0 Å². The van der Waals surface area contributed by atoms with Gasteiger partial charge in [-0.25, -0.2) is 0 Å². The third kappa shape index (κ3) is 9.95. The number of hydrogen-bond donors (Lipinski definition) is 1. The van der Waals surface area contributed by atoms with Crippen molar-refractivity contribution in [2.75, 3.05) is 7.05 Å². The molecule has 4 fully saturated rings. The largest absolute Gasteiger partial charge is 4.00 e. The van der Waals surface area contributed by atoms with Gasteiger partial charge >= 0.3 is 21.7 Å². The second-order valence-electron chi connectivity index (χ2n) is 21.4. The van der Waals surface area contributed by atoms with E-state index in [0.29, 0.717) is 5.54 Å². The topological polar surface area (TPSA) is 34.3 Å². The summed E-state index contributed by atoms with van der Waals surface area (Å²) in [6.45, 7) is 32.8. The first-order chi connectivity index (χ1) is 25.2. The van der Waals surface area contributed by atoms with Gasteiger partial charge in [-0.15, -0.1) is 5.54 Å². The van der Waals surface area contributed by atoms with Crippen LogP contribution in [0.25, 0.3) is 27.1 Å². The van der Waals surface area contributed by atoms with Gasteiger partial charge in [-0.1, -0.05) is 137 Å². The van der Waals surface area contributed by atoms with Crippen LogP contribution >= 0.6 is 0 Å². The van der Waals surface area contributed by atoms with Crippen molar-refractivity contribution in [2.24, 2.45) is 36.6 Å². The fourth-order valence-electron chi connectivity index (χ4n) is 13.5. The molecule has 8 rings (SSSR count). The summed E-state index contributed by atoms with van der Waals surface area (Å²) in [6.07, 6.45) is 10.4. The molecule has 0 spiro atoms. The van der Waals surface area contributed by atoms with E-state index in [1.807, 2.05) is 13.8 Å². The van der Waals surface area contributed by atoms with Crippen molar-refractivity contribution in [2.45, 2.75) is 175 Å². The van der Waals surface area contributed by atoms with Crippen LogP contribution in [-0.4, -0.2) is 56.1 Å². The molecule has 4 nitrogen and oxygen atoms in total. The zero-order chi connectivity index (χ0) is 39.7. The van der Waals surface area contributed by atoms with E-state index in [9.17, 15) is 0 Å². The first-order valence-electron chi connectivity index (χ1n) is 22.1. The first-order valence-corrected chi connectivity index (χ1v) is 28.2. The fourth-order valence-corrected chi connectivity index (χ4v) is 22.4. The van der Waals surface area contributed by atoms with Gasteiger partial charge in [0.05, 0.1) is 5.69 Å². The molecule has 58 heavy (non-hydrogen) atoms. The third-order valence-corrected chi connectivity index (χ3v) is 21.4. The molecule has 1 saturated heterocycles. The number of aryl methyl sites for hydroxylation is 2. The van der Waals surface area contributed by atoms with Crippen molar-refractivity contribution in [1.82, 2.24) is 14.4 Å². The number of nitrogens with zero attached hydrogens (tertiary/aromatic N) is 3. The maximum atomic E-state index is 5.58. The Balaban J connectivity index is 0.000000360. The minimum absolute atomic E-state index is 0. The first kappa shape index (κ1) is 53.1. The molecule has 0 radical (unpaired) electrons. The minimum atomic E-state index is -1.79. The third-order valence-electron chi connectivity index (χ3n) is 14.3. The summed E-state index contributed by atoms with van der Waals surface area (Å²) in [6, 6.07) is 17.7. The van der Waals surface area contributed by atoms with Gasteiger partial charge in [0.1, 0.15) is 8.24 Å². The number of likely N-dealkylation sites (tertiary alicyclic amines) is 1. The molecule has 5 aliphatic rings. The monoisotopic (exact) mass is 861 g/mol. The summed E-state index contributed by atoms with van der Waals surface area (Å²) in [5.74, 6) is 4.81. The molecule has 1 aliphatic heterocycles. The average molecular weight is 861 g/mol. The molecule has 2 heterocycles. The van der Waals surface area contributed by atoms with E-state index in [-0.39, 0.29) is 55.1 Å². The van der Waals surface area contributed by atoms with E-state index in [0.717, 1.165) is 47.2 Å². The summed E-state index contributed by atoms with van der Waals surface area (Å²) in [7, 11) is 1.30. The average Bonchev–Trinajstić information content (AvgIpc) is 3.76. The van der Waals surface area contributed by atoms with Gasteiger partial charge in [-0.3, -0.25) is 4.90 Å². The van der Waals surface area contributed by atoms with Gasteiger partial charge in [0.15, 0.2) is 0 Å². The standard InChI is InChI=1S/C23H43N2Si.C23H30N2Si.C2H6.3CH3.Ti/c2*1-15-12-13-19-18(14-15)20-21(25(19)5)16-10-8-9-11-17(16)22(20)26(6,7)24-23(2,3)4;1-2;;;;/h15-22H,8-14H2,1-7H3;8-14,22,24H,1-7H3;1-2H3;3*1H3;/q-1;;;3*-1;+4. The fraction of sp³-hybridized carbons (Fsp3) is 0.667. The van der Waals surface area contributed by atoms with Gasteiger partial charge in [-0.2, -0.15) is 0 Å². The summed E-state index contributed by atoms with van der Waals surface area (Å²) in [5.41, 5.74) is 10.2. The maximum Gasteiger partial charge on any atom is 4.00 e. The van der Waals surface area contributed by atoms with E-state index in [1.165, 1.54) is 78.2 Å². The summed E-state index contributed by atoms with van der Waals surface area (Å²) in [4.78, 5) is 12.5. The number of nitrogens with one attached hydrogen (secondary N) is 1. The zero-order valence-electron chi connectivity index (χ0n) is 41.0. The van der Waals surface area contributed by atoms with E-state index in [4.69, 9.17) is 4.98 Å². The van der Waals surface area contributed by atoms with Gasteiger partial charge in [-0.05, 0) is 113 Å². The van der Waals surface area contributed by atoms with Crippen LogP contribution in [0.15, 0.2) is 42.5 Å². The Morgan fingerprint density at radius 1 is 0.793 bits per heavy atom. The number of hydrogen-bond acceptors (Lipinski definition) is 2. The molecule has 2 aromatic carbocycles. The second kappa shape index (κ2) is 19.6. The molecule has 9 atom stereocenters. The van der Waals surface area contributed by atoms with E-state index >= 15 is 0 Å². The van der Waals surface area contributed by atoms with Crippen molar-refractivity contribution in [1.29, 1.82) is 0 Å². The molecule has 1 aromatic heterocycles. The number of fused-ring (bicyclic) bond motifs is 10. The predicted octanol–water partition coefficient (Wildman–Crippen LogP) is 14.4. The molecular formula is C51H88N4Si2Ti. The molecule has 7 heteroatoms. The Hall–Kier alpha value is -0.992. The van der Waals surface area contributed by atoms with Crippen molar-refractivity contribution >= 4 is 27.4 Å². The molecule has 9 unspecified atom stereocenters. The Kier molecular flexibility index (Phi) is 18.0. The number of rotatable bonds is 4. The second-order valence-corrected chi connectivity index (χ2v) is 29.9. The summed E-state index contributed by atoms with van der Waals surface area (Å²) < 4.78 is 2.41. The Bertz CT molecular complexity index is 1780. The Labute approximate surface area is 377 Å². The van der Waals surface area contributed by atoms with Crippen molar-refractivity contribution in [3.8, 4) is 11.3 Å². The van der Waals surface area contributed by atoms with Crippen LogP contribution in [-0.2, 0) is 28.8 Å². The maximum absolute atomic E-state index is 5.58. The van der Waals surface area contributed by atoms with E-state index in [2.05, 4.69) is 153 Å². The summed E-state index contributed by atoms with van der Waals surface area (Å²) >= 11 is 0. The molecule has 4 aliphatic carbocycles. The Morgan fingerprint density at radius 2 is 1.40 bits per heavy atom. The smallest absolute Gasteiger partial charge is 0.660 e. The van der Waals surface area contributed by atoms with Crippen LogP contribution in [0.3, 0.4) is 0 Å². The van der Waals surface area contributed by atoms with Gasteiger partial charge < -0.3 is 36.8 Å². The van der Waals surface area contributed by atoms with Gasteiger partial charge in [0.2, 0.25) is 0 Å². The normalized spacial score (nSPS) is 28.6. The minimum Gasteiger partial charge on any atom is -0.660 e. The molecule has 0 bridgehead atoms. The van der Waals surface area contributed by atoms with Crippen LogP contribution in [0.2, 0.25) is 31.7 Å². The van der Waals surface area contributed by atoms with E-state index in [1.54, 1.807) is 5.56 Å². The van der Waals surface area contributed by atoms with Crippen LogP contribution in [0.1, 0.15) is 129 Å². The van der Waals surface area contributed by atoms with Crippen LogP contribution in [0.4, 0.5) is 0 Å².